The summed E-state index contributed by atoms with van der Waals surface area (Å²) in [6.07, 6.45) is 6.29. The largest absolute Gasteiger partial charge is 0.495 e. The highest BCUT2D eigenvalue weighted by molar-refractivity contribution is 7.89. The van der Waals surface area contributed by atoms with Crippen LogP contribution in [-0.4, -0.2) is 52.0 Å². The van der Waals surface area contributed by atoms with Gasteiger partial charge in [0, 0.05) is 24.9 Å². The van der Waals surface area contributed by atoms with Crippen LogP contribution in [0.4, 0.5) is 5.69 Å². The Morgan fingerprint density at radius 2 is 1.87 bits per heavy atom. The van der Waals surface area contributed by atoms with Gasteiger partial charge in [0.1, 0.15) is 10.6 Å². The highest BCUT2D eigenvalue weighted by Gasteiger charge is 2.29. The highest BCUT2D eigenvalue weighted by atomic mass is 32.2. The Labute approximate surface area is 182 Å². The summed E-state index contributed by atoms with van der Waals surface area (Å²) in [6, 6.07) is 10.9. The first-order valence-electron chi connectivity index (χ1n) is 10.3. The molecular formula is C23H26N2O5S. The maximum atomic E-state index is 13.1. The van der Waals surface area contributed by atoms with Gasteiger partial charge in [0.05, 0.1) is 20.3 Å². The topological polar surface area (TPSA) is 84.9 Å². The fourth-order valence-corrected chi connectivity index (χ4v) is 5.53. The number of carbonyl (C=O) groups excluding carboxylic acids is 1. The Morgan fingerprint density at radius 1 is 1.10 bits per heavy atom. The third-order valence-electron chi connectivity index (χ3n) is 5.57. The van der Waals surface area contributed by atoms with Gasteiger partial charge in [0.2, 0.25) is 15.9 Å². The van der Waals surface area contributed by atoms with E-state index in [9.17, 15) is 13.2 Å². The van der Waals surface area contributed by atoms with Crippen molar-refractivity contribution in [3.63, 3.8) is 0 Å². The van der Waals surface area contributed by atoms with Crippen LogP contribution in [0.5, 0.6) is 5.75 Å². The first-order chi connectivity index (χ1) is 15.0. The number of amides is 1. The molecule has 31 heavy (non-hydrogen) atoms. The Kier molecular flexibility index (Phi) is 6.41. The number of anilines is 1. The molecule has 1 fully saturated rings. The lowest BCUT2D eigenvalue weighted by Crippen LogP contribution is -2.40. The van der Waals surface area contributed by atoms with Crippen molar-refractivity contribution in [3.05, 3.63) is 59.2 Å². The molecule has 0 spiro atoms. The summed E-state index contributed by atoms with van der Waals surface area (Å²) < 4.78 is 38.1. The lowest BCUT2D eigenvalue weighted by Gasteiger charge is -2.26. The Bertz CT molecular complexity index is 1100. The highest BCUT2D eigenvalue weighted by Crippen LogP contribution is 2.29. The molecule has 1 aliphatic carbocycles. The fraction of sp³-hybridized carbons (Fsp3) is 0.348. The summed E-state index contributed by atoms with van der Waals surface area (Å²) >= 11 is 0. The second-order valence-corrected chi connectivity index (χ2v) is 9.49. The number of benzene rings is 2. The number of aryl methyl sites for hydroxylation is 2. The van der Waals surface area contributed by atoms with Crippen molar-refractivity contribution in [3.8, 4) is 5.75 Å². The van der Waals surface area contributed by atoms with Gasteiger partial charge in [0.15, 0.2) is 0 Å². The minimum atomic E-state index is -3.73. The van der Waals surface area contributed by atoms with Crippen LogP contribution in [0.2, 0.25) is 0 Å². The Hall–Kier alpha value is -2.68. The van der Waals surface area contributed by atoms with Gasteiger partial charge in [-0.2, -0.15) is 4.31 Å². The van der Waals surface area contributed by atoms with Crippen molar-refractivity contribution < 1.29 is 22.7 Å². The average molecular weight is 443 g/mol. The number of nitrogens with one attached hydrogen (secondary N) is 1. The second-order valence-electron chi connectivity index (χ2n) is 7.59. The molecule has 1 amide bonds. The zero-order valence-corrected chi connectivity index (χ0v) is 18.3. The third kappa shape index (κ3) is 4.81. The molecule has 0 radical (unpaired) electrons. The van der Waals surface area contributed by atoms with E-state index in [1.807, 2.05) is 12.1 Å². The minimum absolute atomic E-state index is 0.0816. The summed E-state index contributed by atoms with van der Waals surface area (Å²) in [5, 5.41) is 2.87. The lowest BCUT2D eigenvalue weighted by molar-refractivity contribution is -0.111. The predicted octanol–water partition coefficient (Wildman–Crippen LogP) is 2.86. The van der Waals surface area contributed by atoms with Crippen molar-refractivity contribution in [1.82, 2.24) is 4.31 Å². The molecule has 1 saturated heterocycles. The van der Waals surface area contributed by atoms with Crippen molar-refractivity contribution in [2.75, 3.05) is 38.7 Å². The van der Waals surface area contributed by atoms with Gasteiger partial charge >= 0.3 is 0 Å². The molecule has 0 bridgehead atoms. The molecule has 2 aliphatic rings. The van der Waals surface area contributed by atoms with E-state index in [1.165, 1.54) is 34.7 Å². The summed E-state index contributed by atoms with van der Waals surface area (Å²) in [4.78, 5) is 12.5. The minimum Gasteiger partial charge on any atom is -0.495 e. The van der Waals surface area contributed by atoms with Crippen LogP contribution < -0.4 is 10.1 Å². The number of sulfonamides is 1. The summed E-state index contributed by atoms with van der Waals surface area (Å²) in [7, 11) is -2.29. The van der Waals surface area contributed by atoms with Gasteiger partial charge in [0.25, 0.3) is 0 Å². The first-order valence-corrected chi connectivity index (χ1v) is 11.8. The van der Waals surface area contributed by atoms with E-state index in [0.717, 1.165) is 24.9 Å². The molecule has 1 aliphatic heterocycles. The van der Waals surface area contributed by atoms with E-state index in [1.54, 1.807) is 18.2 Å². The number of hydrogen-bond acceptors (Lipinski definition) is 5. The molecule has 0 atom stereocenters. The molecule has 8 heteroatoms. The van der Waals surface area contributed by atoms with Crippen LogP contribution in [0.1, 0.15) is 23.1 Å². The van der Waals surface area contributed by atoms with E-state index in [2.05, 4.69) is 11.4 Å². The van der Waals surface area contributed by atoms with Gasteiger partial charge in [-0.1, -0.05) is 12.1 Å². The van der Waals surface area contributed by atoms with Gasteiger partial charge < -0.3 is 14.8 Å². The zero-order chi connectivity index (χ0) is 21.8. The van der Waals surface area contributed by atoms with Crippen LogP contribution in [-0.2, 0) is 32.4 Å². The van der Waals surface area contributed by atoms with Crippen molar-refractivity contribution in [1.29, 1.82) is 0 Å². The zero-order valence-electron chi connectivity index (χ0n) is 17.5. The number of nitrogens with zero attached hydrogens (tertiary/aromatic N) is 1. The normalized spacial score (nSPS) is 16.9. The number of morpholine rings is 1. The van der Waals surface area contributed by atoms with E-state index in [0.29, 0.717) is 31.9 Å². The fourth-order valence-electron chi connectivity index (χ4n) is 3.93. The first kappa shape index (κ1) is 21.5. The number of fused-ring (bicyclic) bond motifs is 1. The van der Waals surface area contributed by atoms with E-state index in [4.69, 9.17) is 9.47 Å². The van der Waals surface area contributed by atoms with Gasteiger partial charge in [-0.05, 0) is 66.3 Å². The van der Waals surface area contributed by atoms with Crippen LogP contribution in [0, 0.1) is 0 Å². The van der Waals surface area contributed by atoms with Crippen molar-refractivity contribution in [2.45, 2.75) is 24.2 Å². The van der Waals surface area contributed by atoms with Crippen LogP contribution >= 0.6 is 0 Å². The molecule has 2 aromatic rings. The predicted molar refractivity (Wildman–Crippen MR) is 119 cm³/mol. The Balaban J connectivity index is 1.51. The third-order valence-corrected chi connectivity index (χ3v) is 7.49. The van der Waals surface area contributed by atoms with E-state index < -0.39 is 10.0 Å². The van der Waals surface area contributed by atoms with E-state index >= 15 is 0 Å². The molecule has 0 unspecified atom stereocenters. The summed E-state index contributed by atoms with van der Waals surface area (Å²) in [5.74, 6) is -0.00224. The molecule has 2 aromatic carbocycles. The lowest BCUT2D eigenvalue weighted by atomic mass is 10.1. The van der Waals surface area contributed by atoms with Gasteiger partial charge in [-0.25, -0.2) is 8.42 Å². The average Bonchev–Trinajstić information content (AvgIpc) is 3.26. The molecule has 0 aromatic heterocycles. The van der Waals surface area contributed by atoms with Crippen LogP contribution in [0.15, 0.2) is 47.4 Å². The molecular weight excluding hydrogens is 416 g/mol. The number of carbonyl (C=O) groups is 1. The van der Waals surface area contributed by atoms with Crippen LogP contribution in [0.25, 0.3) is 6.08 Å². The number of rotatable bonds is 6. The molecule has 7 nitrogen and oxygen atoms in total. The van der Waals surface area contributed by atoms with Crippen molar-refractivity contribution in [2.24, 2.45) is 0 Å². The molecule has 4 rings (SSSR count). The smallest absolute Gasteiger partial charge is 0.248 e. The standard InChI is InChI=1S/C23H26N2O5S/c1-29-21-9-5-17(15-22(21)31(27,28)25-11-13-30-14-12-25)6-10-23(26)24-20-8-7-18-3-2-4-19(18)16-20/h5-10,15-16H,2-4,11-14H2,1H3,(H,24,26)/b10-6+. The molecule has 0 saturated carbocycles. The quantitative estimate of drug-likeness (QED) is 0.696. The number of hydrogen-bond donors (Lipinski definition) is 1. The summed E-state index contributed by atoms with van der Waals surface area (Å²) in [5.41, 5.74) is 3.99. The monoisotopic (exact) mass is 442 g/mol. The summed E-state index contributed by atoms with van der Waals surface area (Å²) in [6.45, 7) is 1.33. The Morgan fingerprint density at radius 3 is 2.65 bits per heavy atom. The van der Waals surface area contributed by atoms with E-state index in [-0.39, 0.29) is 16.6 Å². The maximum Gasteiger partial charge on any atom is 0.248 e. The SMILES string of the molecule is COc1ccc(/C=C/C(=O)Nc2ccc3c(c2)CCC3)cc1S(=O)(=O)N1CCOCC1. The molecule has 1 N–H and O–H groups in total. The van der Waals surface area contributed by atoms with Crippen LogP contribution in [0.3, 0.4) is 0 Å². The second kappa shape index (κ2) is 9.21. The number of ether oxygens (including phenoxy) is 2. The van der Waals surface area contributed by atoms with Crippen molar-refractivity contribution >= 4 is 27.7 Å². The number of methoxy groups -OCH3 is 1. The maximum absolute atomic E-state index is 13.1. The molecule has 1 heterocycles. The van der Waals surface area contributed by atoms with Gasteiger partial charge in [-0.15, -0.1) is 0 Å². The molecule has 164 valence electrons. The van der Waals surface area contributed by atoms with Gasteiger partial charge in [-0.3, -0.25) is 4.79 Å².